The molecule has 0 aliphatic carbocycles. The van der Waals surface area contributed by atoms with Crippen LogP contribution in [0.5, 0.6) is 0 Å². The van der Waals surface area contributed by atoms with Crippen molar-refractivity contribution in [3.05, 3.63) is 92.3 Å². The zero-order valence-electron chi connectivity index (χ0n) is 16.1. The maximum Gasteiger partial charge on any atom is 0.264 e. The van der Waals surface area contributed by atoms with Gasteiger partial charge < -0.3 is 5.32 Å². The quantitative estimate of drug-likeness (QED) is 0.478. The van der Waals surface area contributed by atoms with E-state index in [0.29, 0.717) is 29.1 Å². The standard InChI is InChI=1S/C21H16Cl2FN5O2/c22-14-3-1-2-13(8-14)11-28-12-26-19-17(21(28)31)10-27-29(19)7-6-25-20(30)16-5-4-15(24)9-18(16)23/h1-5,8-10,12H,6-7,11H2,(H,25,30). The molecule has 0 saturated carbocycles. The molecule has 158 valence electrons. The normalized spacial score (nSPS) is 11.1. The fraction of sp³-hybridized carbons (Fsp3) is 0.143. The van der Waals surface area contributed by atoms with Crippen LogP contribution >= 0.6 is 23.2 Å². The molecule has 0 spiro atoms. The van der Waals surface area contributed by atoms with E-state index in [1.54, 1.807) is 12.1 Å². The molecule has 0 aliphatic heterocycles. The minimum Gasteiger partial charge on any atom is -0.350 e. The van der Waals surface area contributed by atoms with E-state index in [4.69, 9.17) is 23.2 Å². The van der Waals surface area contributed by atoms with E-state index in [0.717, 1.165) is 11.6 Å². The van der Waals surface area contributed by atoms with Crippen LogP contribution in [-0.2, 0) is 13.1 Å². The van der Waals surface area contributed by atoms with Gasteiger partial charge in [-0.3, -0.25) is 14.2 Å². The molecule has 10 heteroatoms. The summed E-state index contributed by atoms with van der Waals surface area (Å²) < 4.78 is 16.1. The summed E-state index contributed by atoms with van der Waals surface area (Å²) in [5.41, 5.74) is 1.25. The molecule has 2 aromatic heterocycles. The Morgan fingerprint density at radius 1 is 1.16 bits per heavy atom. The molecule has 4 aromatic rings. The zero-order valence-corrected chi connectivity index (χ0v) is 17.6. The summed E-state index contributed by atoms with van der Waals surface area (Å²) in [5.74, 6) is -0.949. The number of amides is 1. The number of benzene rings is 2. The predicted octanol–water partition coefficient (Wildman–Crippen LogP) is 3.52. The van der Waals surface area contributed by atoms with Crippen molar-refractivity contribution in [2.24, 2.45) is 0 Å². The van der Waals surface area contributed by atoms with Gasteiger partial charge in [0.05, 0.1) is 29.9 Å². The van der Waals surface area contributed by atoms with E-state index < -0.39 is 11.7 Å². The largest absolute Gasteiger partial charge is 0.350 e. The second-order valence-electron chi connectivity index (χ2n) is 6.79. The Kier molecular flexibility index (Phi) is 6.01. The Morgan fingerprint density at radius 3 is 2.77 bits per heavy atom. The van der Waals surface area contributed by atoms with Crippen LogP contribution in [0.25, 0.3) is 11.0 Å². The third-order valence-corrected chi connectivity index (χ3v) is 5.20. The molecule has 2 aromatic carbocycles. The molecule has 0 unspecified atom stereocenters. The van der Waals surface area contributed by atoms with Gasteiger partial charge in [-0.15, -0.1) is 0 Å². The number of carbonyl (C=O) groups excluding carboxylic acids is 1. The Hall–Kier alpha value is -3.23. The summed E-state index contributed by atoms with van der Waals surface area (Å²) in [7, 11) is 0. The first kappa shape index (κ1) is 21.0. The SMILES string of the molecule is O=C(NCCn1ncc2c(=O)n(Cc3cccc(Cl)c3)cnc21)c1ccc(F)cc1Cl. The first-order valence-corrected chi connectivity index (χ1v) is 10.1. The molecular weight excluding hydrogens is 444 g/mol. The van der Waals surface area contributed by atoms with Gasteiger partial charge in [-0.1, -0.05) is 35.3 Å². The number of fused-ring (bicyclic) bond motifs is 1. The highest BCUT2D eigenvalue weighted by Crippen LogP contribution is 2.17. The van der Waals surface area contributed by atoms with Crippen LogP contribution in [0.2, 0.25) is 10.0 Å². The van der Waals surface area contributed by atoms with Crippen molar-refractivity contribution in [2.45, 2.75) is 13.1 Å². The van der Waals surface area contributed by atoms with Gasteiger partial charge in [0.1, 0.15) is 17.5 Å². The molecule has 2 heterocycles. The molecule has 0 aliphatic rings. The maximum atomic E-state index is 13.1. The number of rotatable bonds is 6. The van der Waals surface area contributed by atoms with Crippen molar-refractivity contribution in [1.29, 1.82) is 0 Å². The molecule has 0 atom stereocenters. The lowest BCUT2D eigenvalue weighted by molar-refractivity contribution is 0.0952. The van der Waals surface area contributed by atoms with Crippen molar-refractivity contribution in [3.8, 4) is 0 Å². The zero-order chi connectivity index (χ0) is 22.0. The average molecular weight is 460 g/mol. The highest BCUT2D eigenvalue weighted by molar-refractivity contribution is 6.33. The Bertz CT molecular complexity index is 1340. The third-order valence-electron chi connectivity index (χ3n) is 4.65. The van der Waals surface area contributed by atoms with Gasteiger partial charge >= 0.3 is 0 Å². The van der Waals surface area contributed by atoms with E-state index in [1.807, 2.05) is 12.1 Å². The van der Waals surface area contributed by atoms with E-state index in [-0.39, 0.29) is 22.7 Å². The van der Waals surface area contributed by atoms with Crippen LogP contribution < -0.4 is 10.9 Å². The number of nitrogens with one attached hydrogen (secondary N) is 1. The van der Waals surface area contributed by atoms with Crippen molar-refractivity contribution < 1.29 is 9.18 Å². The Labute approximate surface area is 186 Å². The van der Waals surface area contributed by atoms with Gasteiger partial charge in [-0.2, -0.15) is 5.10 Å². The average Bonchev–Trinajstić information content (AvgIpc) is 3.14. The van der Waals surface area contributed by atoms with Crippen LogP contribution in [0.3, 0.4) is 0 Å². The molecule has 31 heavy (non-hydrogen) atoms. The summed E-state index contributed by atoms with van der Waals surface area (Å²) in [6, 6.07) is 10.8. The number of hydrogen-bond donors (Lipinski definition) is 1. The lowest BCUT2D eigenvalue weighted by atomic mass is 10.2. The van der Waals surface area contributed by atoms with Gasteiger partial charge in [0.2, 0.25) is 0 Å². The maximum absolute atomic E-state index is 13.1. The third kappa shape index (κ3) is 4.60. The summed E-state index contributed by atoms with van der Waals surface area (Å²) >= 11 is 11.9. The number of carbonyl (C=O) groups is 1. The summed E-state index contributed by atoms with van der Waals surface area (Å²) in [4.78, 5) is 29.4. The smallest absolute Gasteiger partial charge is 0.264 e. The van der Waals surface area contributed by atoms with Crippen LogP contribution in [-0.4, -0.2) is 31.8 Å². The predicted molar refractivity (Wildman–Crippen MR) is 116 cm³/mol. The second kappa shape index (κ2) is 8.87. The van der Waals surface area contributed by atoms with Gasteiger partial charge in [-0.25, -0.2) is 14.1 Å². The second-order valence-corrected chi connectivity index (χ2v) is 7.64. The van der Waals surface area contributed by atoms with Gasteiger partial charge in [-0.05, 0) is 35.9 Å². The molecule has 0 fully saturated rings. The minimum atomic E-state index is -0.517. The number of halogens is 3. The lowest BCUT2D eigenvalue weighted by Gasteiger charge is -2.08. The van der Waals surface area contributed by atoms with Crippen molar-refractivity contribution in [2.75, 3.05) is 6.54 Å². The van der Waals surface area contributed by atoms with Crippen molar-refractivity contribution in [3.63, 3.8) is 0 Å². The van der Waals surface area contributed by atoms with E-state index in [9.17, 15) is 14.0 Å². The first-order valence-electron chi connectivity index (χ1n) is 9.31. The van der Waals surface area contributed by atoms with Crippen molar-refractivity contribution >= 4 is 40.1 Å². The van der Waals surface area contributed by atoms with Crippen LogP contribution in [0, 0.1) is 5.82 Å². The first-order chi connectivity index (χ1) is 14.9. The summed E-state index contributed by atoms with van der Waals surface area (Å²) in [6.45, 7) is 0.845. The van der Waals surface area contributed by atoms with Crippen LogP contribution in [0.15, 0.2) is 59.8 Å². The fourth-order valence-corrected chi connectivity index (χ4v) is 3.62. The summed E-state index contributed by atoms with van der Waals surface area (Å²) in [5, 5.41) is 7.90. The fourth-order valence-electron chi connectivity index (χ4n) is 3.15. The van der Waals surface area contributed by atoms with Gasteiger partial charge in [0, 0.05) is 11.6 Å². The Balaban J connectivity index is 1.46. The van der Waals surface area contributed by atoms with Gasteiger partial charge in [0.25, 0.3) is 11.5 Å². The van der Waals surface area contributed by atoms with E-state index in [2.05, 4.69) is 15.4 Å². The highest BCUT2D eigenvalue weighted by Gasteiger charge is 2.13. The molecule has 0 radical (unpaired) electrons. The summed E-state index contributed by atoms with van der Waals surface area (Å²) in [6.07, 6.45) is 2.92. The van der Waals surface area contributed by atoms with Crippen LogP contribution in [0.1, 0.15) is 15.9 Å². The van der Waals surface area contributed by atoms with Crippen molar-refractivity contribution in [1.82, 2.24) is 24.6 Å². The lowest BCUT2D eigenvalue weighted by Crippen LogP contribution is -2.28. The van der Waals surface area contributed by atoms with Gasteiger partial charge in [0.15, 0.2) is 5.65 Å². The highest BCUT2D eigenvalue weighted by atomic mass is 35.5. The minimum absolute atomic E-state index is 0.0314. The molecule has 7 nitrogen and oxygen atoms in total. The topological polar surface area (TPSA) is 81.8 Å². The number of nitrogens with zero attached hydrogens (tertiary/aromatic N) is 4. The van der Waals surface area contributed by atoms with Crippen LogP contribution in [0.4, 0.5) is 4.39 Å². The molecule has 1 N–H and O–H groups in total. The number of aromatic nitrogens is 4. The Morgan fingerprint density at radius 2 is 2.00 bits per heavy atom. The molecule has 1 amide bonds. The molecule has 0 saturated heterocycles. The van der Waals surface area contributed by atoms with E-state index >= 15 is 0 Å². The molecule has 0 bridgehead atoms. The molecular formula is C21H16Cl2FN5O2. The monoisotopic (exact) mass is 459 g/mol. The number of hydrogen-bond acceptors (Lipinski definition) is 4. The molecule has 4 rings (SSSR count). The van der Waals surface area contributed by atoms with E-state index in [1.165, 1.54) is 33.9 Å².